The first kappa shape index (κ1) is 33.1. The van der Waals surface area contributed by atoms with E-state index in [4.69, 9.17) is 4.74 Å². The predicted octanol–water partition coefficient (Wildman–Crippen LogP) is 4.92. The van der Waals surface area contributed by atoms with Crippen LogP contribution in [0.25, 0.3) is 0 Å². The van der Waals surface area contributed by atoms with E-state index >= 15 is 0 Å². The smallest absolute Gasteiger partial charge is 0.412 e. The molecule has 1 aliphatic heterocycles. The van der Waals surface area contributed by atoms with E-state index in [-0.39, 0.29) is 18.2 Å². The average Bonchev–Trinajstić information content (AvgIpc) is 3.41. The maximum atomic E-state index is 13.3. The summed E-state index contributed by atoms with van der Waals surface area (Å²) in [5.41, 5.74) is 3.00. The molecule has 4 rings (SSSR count). The van der Waals surface area contributed by atoms with Gasteiger partial charge in [-0.15, -0.1) is 11.3 Å². The number of urea groups is 1. The number of ether oxygens (including phenoxy) is 1. The van der Waals surface area contributed by atoms with Crippen LogP contribution in [0.3, 0.4) is 0 Å². The number of nitrogens with zero attached hydrogens (tertiary/aromatic N) is 4. The lowest BCUT2D eigenvalue weighted by Gasteiger charge is -2.34. The first-order chi connectivity index (χ1) is 21.1. The third-order valence-electron chi connectivity index (χ3n) is 7.31. The van der Waals surface area contributed by atoms with Gasteiger partial charge in [0, 0.05) is 70.4 Å². The van der Waals surface area contributed by atoms with E-state index in [0.717, 1.165) is 44.7 Å². The molecule has 10 nitrogen and oxygen atoms in total. The number of carbonyl (C=O) groups excluding carboxylic acids is 3. The van der Waals surface area contributed by atoms with Crippen LogP contribution >= 0.6 is 11.3 Å². The van der Waals surface area contributed by atoms with Crippen LogP contribution in [-0.2, 0) is 24.1 Å². The molecule has 1 aliphatic rings. The van der Waals surface area contributed by atoms with Crippen molar-refractivity contribution in [1.29, 1.82) is 0 Å². The number of thiophene rings is 1. The van der Waals surface area contributed by atoms with Gasteiger partial charge < -0.3 is 19.9 Å². The average molecular weight is 621 g/mol. The summed E-state index contributed by atoms with van der Waals surface area (Å²) in [6, 6.07) is 13.5. The van der Waals surface area contributed by atoms with Gasteiger partial charge in [0.15, 0.2) is 5.78 Å². The van der Waals surface area contributed by atoms with E-state index in [1.54, 1.807) is 38.4 Å². The summed E-state index contributed by atoms with van der Waals surface area (Å²) in [6.45, 7) is 11.7. The molecule has 0 spiro atoms. The number of benzene rings is 1. The van der Waals surface area contributed by atoms with Crippen molar-refractivity contribution in [3.63, 3.8) is 0 Å². The minimum atomic E-state index is -0.620. The lowest BCUT2D eigenvalue weighted by atomic mass is 10.1. The number of anilines is 1. The molecule has 0 aliphatic carbocycles. The van der Waals surface area contributed by atoms with Gasteiger partial charge in [-0.25, -0.2) is 9.59 Å². The Morgan fingerprint density at radius 3 is 2.43 bits per heavy atom. The van der Waals surface area contributed by atoms with Crippen molar-refractivity contribution >= 4 is 34.9 Å². The molecule has 11 heteroatoms. The first-order valence-electron chi connectivity index (χ1n) is 15.1. The molecule has 0 bridgehead atoms. The Balaban J connectivity index is 1.35. The number of amides is 3. The number of rotatable bonds is 12. The predicted molar refractivity (Wildman–Crippen MR) is 174 cm³/mol. The quantitative estimate of drug-likeness (QED) is 0.277. The summed E-state index contributed by atoms with van der Waals surface area (Å²) in [5, 5.41) is 9.44. The number of likely N-dealkylation sites (N-methyl/N-ethyl adjacent to an activating group) is 1. The Bertz CT molecular complexity index is 1360. The number of hydrogen-bond donors (Lipinski definition) is 2. The molecule has 0 unspecified atom stereocenters. The topological polar surface area (TPSA) is 107 Å². The standard InChI is InChI=1S/C33H44N6O4S/c1-33(2,3)43-32(42)36-29-24-44-23-27(29)20-30(40)28-11-10-26(21-35-28)22-39(19-18-38-16-14-37(4)15-17-38)31(41)34-13-12-25-8-6-5-7-9-25/h5-11,21,23-24H,12-20,22H2,1-4H3,(H,34,41)(H,36,42). The lowest BCUT2D eigenvalue weighted by Crippen LogP contribution is -2.49. The minimum absolute atomic E-state index is 0.0992. The molecule has 1 saturated heterocycles. The third-order valence-corrected chi connectivity index (χ3v) is 8.11. The number of aromatic nitrogens is 1. The molecular weight excluding hydrogens is 576 g/mol. The number of piperazine rings is 1. The van der Waals surface area contributed by atoms with Gasteiger partial charge in [0.05, 0.1) is 5.69 Å². The monoisotopic (exact) mass is 620 g/mol. The summed E-state index contributed by atoms with van der Waals surface area (Å²) in [7, 11) is 2.13. The number of carbonyl (C=O) groups is 3. The van der Waals surface area contributed by atoms with Crippen LogP contribution in [0.2, 0.25) is 0 Å². The molecule has 1 aromatic carbocycles. The van der Waals surface area contributed by atoms with Gasteiger partial charge in [0.25, 0.3) is 0 Å². The fourth-order valence-corrected chi connectivity index (χ4v) is 5.60. The molecule has 0 atom stereocenters. The van der Waals surface area contributed by atoms with Crippen molar-refractivity contribution in [2.24, 2.45) is 0 Å². The van der Waals surface area contributed by atoms with Crippen LogP contribution in [-0.4, -0.2) is 96.1 Å². The maximum absolute atomic E-state index is 13.3. The van der Waals surface area contributed by atoms with Crippen LogP contribution in [0, 0.1) is 0 Å². The van der Waals surface area contributed by atoms with Gasteiger partial charge in [-0.1, -0.05) is 36.4 Å². The molecule has 0 radical (unpaired) electrons. The van der Waals surface area contributed by atoms with Gasteiger partial charge in [-0.3, -0.25) is 20.0 Å². The largest absolute Gasteiger partial charge is 0.444 e. The summed E-state index contributed by atoms with van der Waals surface area (Å²) < 4.78 is 5.34. The van der Waals surface area contributed by atoms with Crippen LogP contribution < -0.4 is 10.6 Å². The highest BCUT2D eigenvalue weighted by atomic mass is 32.1. The van der Waals surface area contributed by atoms with Crippen LogP contribution in [0.4, 0.5) is 15.3 Å². The molecule has 3 heterocycles. The number of Topliss-reactive ketones (excluding diaryl/α,β-unsaturated/α-hetero) is 1. The SMILES string of the molecule is CN1CCN(CCN(Cc2ccc(C(=O)Cc3cscc3NC(=O)OC(C)(C)C)nc2)C(=O)NCCc2ccccc2)CC1. The molecule has 236 valence electrons. The second kappa shape index (κ2) is 15.8. The number of hydrogen-bond acceptors (Lipinski definition) is 8. The van der Waals surface area contributed by atoms with Crippen molar-refractivity contribution in [3.8, 4) is 0 Å². The van der Waals surface area contributed by atoms with Crippen molar-refractivity contribution in [1.82, 2.24) is 25.0 Å². The molecule has 3 aromatic rings. The Kier molecular flexibility index (Phi) is 11.9. The maximum Gasteiger partial charge on any atom is 0.412 e. The van der Waals surface area contributed by atoms with Crippen LogP contribution in [0.5, 0.6) is 0 Å². The Hall–Kier alpha value is -3.80. The van der Waals surface area contributed by atoms with E-state index < -0.39 is 11.7 Å². The summed E-state index contributed by atoms with van der Waals surface area (Å²) in [4.78, 5) is 49.5. The van der Waals surface area contributed by atoms with E-state index in [0.29, 0.717) is 36.6 Å². The summed E-state index contributed by atoms with van der Waals surface area (Å²) in [5.74, 6) is -0.159. The Morgan fingerprint density at radius 2 is 1.75 bits per heavy atom. The lowest BCUT2D eigenvalue weighted by molar-refractivity contribution is 0.0635. The number of nitrogens with one attached hydrogen (secondary N) is 2. The minimum Gasteiger partial charge on any atom is -0.444 e. The highest BCUT2D eigenvalue weighted by Crippen LogP contribution is 2.23. The van der Waals surface area contributed by atoms with E-state index in [2.05, 4.69) is 44.6 Å². The second-order valence-corrected chi connectivity index (χ2v) is 12.9. The van der Waals surface area contributed by atoms with Crippen molar-refractivity contribution in [3.05, 3.63) is 81.8 Å². The molecule has 44 heavy (non-hydrogen) atoms. The van der Waals surface area contributed by atoms with Gasteiger partial charge in [-0.2, -0.15) is 0 Å². The zero-order chi connectivity index (χ0) is 31.5. The summed E-state index contributed by atoms with van der Waals surface area (Å²) >= 11 is 1.40. The van der Waals surface area contributed by atoms with Crippen LogP contribution in [0.1, 0.15) is 48.0 Å². The molecule has 2 N–H and O–H groups in total. The Morgan fingerprint density at radius 1 is 1.00 bits per heavy atom. The van der Waals surface area contributed by atoms with Gasteiger partial charge in [-0.05, 0) is 62.4 Å². The zero-order valence-corrected chi connectivity index (χ0v) is 27.0. The fraction of sp³-hybridized carbons (Fsp3) is 0.455. The number of pyridine rings is 1. The molecule has 3 amide bonds. The Labute approximate surface area is 264 Å². The summed E-state index contributed by atoms with van der Waals surface area (Å²) in [6.07, 6.45) is 1.97. The molecule has 2 aromatic heterocycles. The van der Waals surface area contributed by atoms with Gasteiger partial charge >= 0.3 is 12.1 Å². The van der Waals surface area contributed by atoms with E-state index in [1.807, 2.05) is 34.5 Å². The van der Waals surface area contributed by atoms with Gasteiger partial charge in [0.1, 0.15) is 11.3 Å². The van der Waals surface area contributed by atoms with Crippen molar-refractivity contribution < 1.29 is 19.1 Å². The normalized spacial score (nSPS) is 14.2. The van der Waals surface area contributed by atoms with Crippen molar-refractivity contribution in [2.45, 2.75) is 45.8 Å². The first-order valence-corrected chi connectivity index (χ1v) is 16.0. The highest BCUT2D eigenvalue weighted by Gasteiger charge is 2.21. The van der Waals surface area contributed by atoms with E-state index in [9.17, 15) is 14.4 Å². The highest BCUT2D eigenvalue weighted by molar-refractivity contribution is 7.08. The van der Waals surface area contributed by atoms with Crippen molar-refractivity contribution in [2.75, 3.05) is 58.2 Å². The van der Waals surface area contributed by atoms with Crippen LogP contribution in [0.15, 0.2) is 59.4 Å². The molecular formula is C33H44N6O4S. The third kappa shape index (κ3) is 10.7. The van der Waals surface area contributed by atoms with Gasteiger partial charge in [0.2, 0.25) is 0 Å². The molecule has 0 saturated carbocycles. The zero-order valence-electron chi connectivity index (χ0n) is 26.2. The number of ketones is 1. The molecule has 1 fully saturated rings. The fourth-order valence-electron chi connectivity index (χ4n) is 4.81. The van der Waals surface area contributed by atoms with E-state index in [1.165, 1.54) is 16.9 Å². The second-order valence-electron chi connectivity index (χ2n) is 12.1.